The van der Waals surface area contributed by atoms with E-state index in [4.69, 9.17) is 18.5 Å². The molecule has 0 aromatic carbocycles. The SMILES string of the molecule is CC/C=C\C/C=C\C/C=C\C/C=C\C/C=C\C/C=C\C/C=C\C/C=C\C/C=C\CCCCCCCCCC(=O)OC(COC(=O)CCCCCCCCCCCCCCCCCCCCCCCCCCC/C=C\C/C=C\CCCCCCC)COP(=O)(O)OCC[N+](C)(C)C. The topological polar surface area (TPSA) is 108 Å². The van der Waals surface area contributed by atoms with E-state index in [2.05, 4.69) is 148 Å². The Kier molecular flexibility index (Phi) is 72.3. The zero-order valence-corrected chi connectivity index (χ0v) is 64.0. The van der Waals surface area contributed by atoms with Crippen molar-refractivity contribution in [1.82, 2.24) is 0 Å². The first-order valence-electron chi connectivity index (χ1n) is 39.9. The summed E-state index contributed by atoms with van der Waals surface area (Å²) in [5.41, 5.74) is 0. The number of carbonyl (C=O) groups is 2. The Hall–Kier alpha value is -3.85. The fraction of sp³-hybridized carbons (Fsp3) is 0.721. The summed E-state index contributed by atoms with van der Waals surface area (Å²) >= 11 is 0. The van der Waals surface area contributed by atoms with Crippen LogP contribution in [-0.2, 0) is 32.7 Å². The van der Waals surface area contributed by atoms with E-state index in [1.165, 1.54) is 205 Å². The summed E-state index contributed by atoms with van der Waals surface area (Å²) in [5.74, 6) is -0.804. The van der Waals surface area contributed by atoms with Gasteiger partial charge in [0.15, 0.2) is 6.10 Å². The lowest BCUT2D eigenvalue weighted by molar-refractivity contribution is -0.870. The van der Waals surface area contributed by atoms with E-state index in [1.807, 2.05) is 21.1 Å². The van der Waals surface area contributed by atoms with Crippen molar-refractivity contribution in [2.45, 2.75) is 354 Å². The number of phosphoric ester groups is 1. The van der Waals surface area contributed by atoms with E-state index >= 15 is 0 Å². The molecule has 0 saturated carbocycles. The van der Waals surface area contributed by atoms with E-state index in [9.17, 15) is 19.0 Å². The third kappa shape index (κ3) is 79.1. The molecular formula is C86H151NO8P+. The lowest BCUT2D eigenvalue weighted by Crippen LogP contribution is -2.37. The summed E-state index contributed by atoms with van der Waals surface area (Å²) in [4.78, 5) is 36.0. The highest BCUT2D eigenvalue weighted by Gasteiger charge is 2.27. The Bertz CT molecular complexity index is 2090. The van der Waals surface area contributed by atoms with Gasteiger partial charge in [-0.15, -0.1) is 0 Å². The van der Waals surface area contributed by atoms with Crippen LogP contribution in [0.3, 0.4) is 0 Å². The van der Waals surface area contributed by atoms with Gasteiger partial charge in [-0.25, -0.2) is 4.57 Å². The van der Waals surface area contributed by atoms with Crippen LogP contribution in [0, 0.1) is 0 Å². The summed E-state index contributed by atoms with van der Waals surface area (Å²) in [6.45, 7) is 4.32. The molecule has 9 nitrogen and oxygen atoms in total. The number of rotatable bonds is 73. The van der Waals surface area contributed by atoms with Crippen LogP contribution in [0.5, 0.6) is 0 Å². The first kappa shape index (κ1) is 92.2. The second kappa shape index (κ2) is 75.4. The number of nitrogens with zero attached hydrogens (tertiary/aromatic N) is 1. The molecule has 0 aromatic heterocycles. The number of allylic oxidation sites excluding steroid dienone is 22. The first-order chi connectivity index (χ1) is 47.0. The maximum absolute atomic E-state index is 12.9. The molecule has 2 unspecified atom stereocenters. The predicted molar refractivity (Wildman–Crippen MR) is 417 cm³/mol. The average Bonchev–Trinajstić information content (AvgIpc) is 2.74. The van der Waals surface area contributed by atoms with Crippen LogP contribution in [0.25, 0.3) is 0 Å². The van der Waals surface area contributed by atoms with Crippen molar-refractivity contribution >= 4 is 19.8 Å². The Morgan fingerprint density at radius 2 is 0.594 bits per heavy atom. The number of likely N-dealkylation sites (N-methyl/N-ethyl adjacent to an activating group) is 1. The molecule has 0 aliphatic carbocycles. The quantitative estimate of drug-likeness (QED) is 0.0211. The number of unbranched alkanes of at least 4 members (excludes halogenated alkanes) is 37. The Balaban J connectivity index is 4.01. The normalized spacial score (nSPS) is 13.8. The van der Waals surface area contributed by atoms with Gasteiger partial charge < -0.3 is 18.9 Å². The number of hydrogen-bond donors (Lipinski definition) is 1. The lowest BCUT2D eigenvalue weighted by Gasteiger charge is -2.24. The molecule has 0 heterocycles. The number of carbonyl (C=O) groups excluding carboxylic acids is 2. The van der Waals surface area contributed by atoms with Gasteiger partial charge in [0, 0.05) is 12.8 Å². The monoisotopic (exact) mass is 1360 g/mol. The maximum Gasteiger partial charge on any atom is 0.472 e. The second-order valence-electron chi connectivity index (χ2n) is 27.7. The van der Waals surface area contributed by atoms with Crippen LogP contribution in [0.15, 0.2) is 134 Å². The molecule has 0 saturated heterocycles. The highest BCUT2D eigenvalue weighted by molar-refractivity contribution is 7.47. The maximum atomic E-state index is 12.9. The minimum atomic E-state index is -4.41. The third-order valence-corrected chi connectivity index (χ3v) is 18.1. The van der Waals surface area contributed by atoms with Gasteiger partial charge in [-0.1, -0.05) is 353 Å². The summed E-state index contributed by atoms with van der Waals surface area (Å²) in [7, 11) is 1.47. The molecule has 0 aromatic rings. The molecule has 10 heteroatoms. The largest absolute Gasteiger partial charge is 0.472 e. The number of phosphoric acid groups is 1. The first-order valence-corrected chi connectivity index (χ1v) is 41.4. The molecule has 0 bridgehead atoms. The summed E-state index contributed by atoms with van der Waals surface area (Å²) in [5, 5.41) is 0. The van der Waals surface area contributed by atoms with Crippen LogP contribution >= 0.6 is 7.82 Å². The van der Waals surface area contributed by atoms with Crippen LogP contribution in [0.1, 0.15) is 348 Å². The zero-order chi connectivity index (χ0) is 69.7. The number of quaternary nitrogens is 1. The van der Waals surface area contributed by atoms with Crippen molar-refractivity contribution in [2.75, 3.05) is 47.5 Å². The van der Waals surface area contributed by atoms with E-state index in [-0.39, 0.29) is 32.0 Å². The van der Waals surface area contributed by atoms with Crippen molar-refractivity contribution in [3.8, 4) is 0 Å². The molecule has 2 atom stereocenters. The Labute approximate surface area is 593 Å². The Morgan fingerprint density at radius 1 is 0.333 bits per heavy atom. The minimum Gasteiger partial charge on any atom is -0.462 e. The van der Waals surface area contributed by atoms with E-state index in [0.29, 0.717) is 17.4 Å². The smallest absolute Gasteiger partial charge is 0.462 e. The zero-order valence-electron chi connectivity index (χ0n) is 63.1. The Morgan fingerprint density at radius 3 is 0.885 bits per heavy atom. The second-order valence-corrected chi connectivity index (χ2v) is 29.2. The van der Waals surface area contributed by atoms with Gasteiger partial charge in [0.1, 0.15) is 19.8 Å². The van der Waals surface area contributed by atoms with E-state index in [0.717, 1.165) is 109 Å². The third-order valence-electron chi connectivity index (χ3n) is 17.2. The summed E-state index contributed by atoms with van der Waals surface area (Å²) in [6.07, 6.45) is 110. The van der Waals surface area contributed by atoms with Crippen LogP contribution < -0.4 is 0 Å². The molecule has 0 spiro atoms. The van der Waals surface area contributed by atoms with Crippen LogP contribution in [0.4, 0.5) is 0 Å². The summed E-state index contributed by atoms with van der Waals surface area (Å²) < 4.78 is 34.8. The van der Waals surface area contributed by atoms with E-state index < -0.39 is 26.5 Å². The van der Waals surface area contributed by atoms with Gasteiger partial charge in [0.25, 0.3) is 0 Å². The van der Waals surface area contributed by atoms with Gasteiger partial charge in [-0.05, 0) is 116 Å². The van der Waals surface area contributed by atoms with Crippen molar-refractivity contribution in [3.05, 3.63) is 134 Å². The van der Waals surface area contributed by atoms with E-state index in [1.54, 1.807) is 0 Å². The number of ether oxygens (including phenoxy) is 2. The van der Waals surface area contributed by atoms with Crippen molar-refractivity contribution < 1.29 is 42.1 Å². The molecule has 0 rings (SSSR count). The van der Waals surface area contributed by atoms with Gasteiger partial charge >= 0.3 is 19.8 Å². The van der Waals surface area contributed by atoms with Gasteiger partial charge in [-0.3, -0.25) is 18.6 Å². The minimum absolute atomic E-state index is 0.0246. The van der Waals surface area contributed by atoms with Crippen LogP contribution in [-0.4, -0.2) is 74.9 Å². The van der Waals surface area contributed by atoms with Crippen molar-refractivity contribution in [3.63, 3.8) is 0 Å². The molecule has 1 N–H and O–H groups in total. The number of hydrogen-bond acceptors (Lipinski definition) is 7. The highest BCUT2D eigenvalue weighted by Crippen LogP contribution is 2.43. The highest BCUT2D eigenvalue weighted by atomic mass is 31.2. The fourth-order valence-corrected chi connectivity index (χ4v) is 11.8. The molecule has 0 amide bonds. The molecule has 552 valence electrons. The summed E-state index contributed by atoms with van der Waals surface area (Å²) in [6, 6.07) is 0. The van der Waals surface area contributed by atoms with Crippen molar-refractivity contribution in [1.29, 1.82) is 0 Å². The molecule has 0 fully saturated rings. The van der Waals surface area contributed by atoms with Crippen molar-refractivity contribution in [2.24, 2.45) is 0 Å². The lowest BCUT2D eigenvalue weighted by atomic mass is 10.0. The van der Waals surface area contributed by atoms with Gasteiger partial charge in [-0.2, -0.15) is 0 Å². The molecule has 96 heavy (non-hydrogen) atoms. The molecular weight excluding hydrogens is 1210 g/mol. The molecule has 0 radical (unpaired) electrons. The van der Waals surface area contributed by atoms with Crippen LogP contribution in [0.2, 0.25) is 0 Å². The molecule has 0 aliphatic rings. The molecule has 0 aliphatic heterocycles. The number of esters is 2. The standard InChI is InChI=1S/C86H150NO8P/c1-6-8-10-12-14-16-18-20-22-24-26-28-30-32-34-36-38-40-42-43-45-46-48-50-52-54-56-58-60-62-64-66-68-70-72-74-76-78-85(88)92-82-84(83-94-96(90,91)93-81-80-87(3,4)5)95-86(89)79-77-75-73-71-69-67-65-63-61-59-57-55-53-51-49-47-44-41-39-37-35-33-31-29-27-25-23-21-19-17-15-13-11-9-7-2/h9,11,15,17-18,20-21,23-24,26-27,29,33,35,39,41,47,49,53,55,59,61,84H,6-8,10,12-14,16,19,22,25,28,30-32,34,36-38,40,42-46,48,50-52,54,56-58,60,62-83H2,1-5H3/p+1/b11-9-,17-15-,20-18-,23-21-,26-24-,29-27-,35-33-,41-39-,49-47-,55-53-,61-59-. The average molecular weight is 1360 g/mol. The fourth-order valence-electron chi connectivity index (χ4n) is 11.1. The van der Waals surface area contributed by atoms with Gasteiger partial charge in [0.2, 0.25) is 0 Å². The predicted octanol–water partition coefficient (Wildman–Crippen LogP) is 26.7. The van der Waals surface area contributed by atoms with Gasteiger partial charge in [0.05, 0.1) is 27.7 Å².